The zero-order valence-corrected chi connectivity index (χ0v) is 18.6. The van der Waals surface area contributed by atoms with Crippen LogP contribution in [0.3, 0.4) is 0 Å². The van der Waals surface area contributed by atoms with Crippen LogP contribution < -0.4 is 9.80 Å². The number of rotatable bonds is 4. The van der Waals surface area contributed by atoms with Gasteiger partial charge in [0.05, 0.1) is 6.04 Å². The molecule has 2 aliphatic rings. The van der Waals surface area contributed by atoms with Crippen LogP contribution in [0.4, 0.5) is 11.5 Å². The summed E-state index contributed by atoms with van der Waals surface area (Å²) in [6.45, 7) is 12.6. The maximum absolute atomic E-state index is 13.3. The van der Waals surface area contributed by atoms with E-state index in [0.717, 1.165) is 68.6 Å². The number of aromatic nitrogens is 2. The summed E-state index contributed by atoms with van der Waals surface area (Å²) in [6.07, 6.45) is 2.10. The Hall–Kier alpha value is -2.47. The monoisotopic (exact) mass is 407 g/mol. The van der Waals surface area contributed by atoms with E-state index in [0.29, 0.717) is 5.92 Å². The van der Waals surface area contributed by atoms with Gasteiger partial charge in [-0.05, 0) is 38.3 Å². The van der Waals surface area contributed by atoms with Crippen molar-refractivity contribution in [1.82, 2.24) is 14.9 Å². The quantitative estimate of drug-likeness (QED) is 0.778. The first-order chi connectivity index (χ1) is 14.4. The standard InChI is InChI=1S/C24H33N5O/c1-17(2)23-25-18(3)16-22(26-23)28-14-12-27(13-15-28)19(4)24(30)29-11-7-9-20-8-5-6-10-21(20)29/h5-6,8,10,16-17,19H,7,9,11-15H2,1-4H3/t19-/m0/s1. The Morgan fingerprint density at radius 1 is 1.00 bits per heavy atom. The third-order valence-corrected chi connectivity index (χ3v) is 6.29. The number of benzene rings is 1. The summed E-state index contributed by atoms with van der Waals surface area (Å²) < 4.78 is 0. The minimum absolute atomic E-state index is 0.114. The summed E-state index contributed by atoms with van der Waals surface area (Å²) in [5, 5.41) is 0. The largest absolute Gasteiger partial charge is 0.354 e. The summed E-state index contributed by atoms with van der Waals surface area (Å²) in [7, 11) is 0. The number of anilines is 2. The normalized spacial score (nSPS) is 18.4. The van der Waals surface area contributed by atoms with Gasteiger partial charge in [0, 0.05) is 56.1 Å². The molecule has 2 aliphatic heterocycles. The highest BCUT2D eigenvalue weighted by atomic mass is 16.2. The SMILES string of the molecule is Cc1cc(N2CCN([C@@H](C)C(=O)N3CCCc4ccccc43)CC2)nc(C(C)C)n1. The van der Waals surface area contributed by atoms with E-state index in [2.05, 4.69) is 59.8 Å². The lowest BCUT2D eigenvalue weighted by Crippen LogP contribution is -2.55. The fraction of sp³-hybridized carbons (Fsp3) is 0.542. The summed E-state index contributed by atoms with van der Waals surface area (Å²) in [5.41, 5.74) is 3.39. The Balaban J connectivity index is 1.42. The van der Waals surface area contributed by atoms with Gasteiger partial charge in [0.25, 0.3) is 0 Å². The van der Waals surface area contributed by atoms with Crippen LogP contribution in [0.1, 0.15) is 50.2 Å². The predicted octanol–water partition coefficient (Wildman–Crippen LogP) is 3.40. The molecule has 1 aromatic heterocycles. The van der Waals surface area contributed by atoms with Crippen molar-refractivity contribution in [2.75, 3.05) is 42.5 Å². The molecule has 0 N–H and O–H groups in total. The van der Waals surface area contributed by atoms with Crippen LogP contribution in [-0.2, 0) is 11.2 Å². The summed E-state index contributed by atoms with van der Waals surface area (Å²) in [5.74, 6) is 2.44. The van der Waals surface area contributed by atoms with Crippen LogP contribution in [0.2, 0.25) is 0 Å². The molecule has 1 atom stereocenters. The Kier molecular flexibility index (Phi) is 6.04. The average molecular weight is 408 g/mol. The fourth-order valence-electron chi connectivity index (χ4n) is 4.48. The zero-order valence-electron chi connectivity index (χ0n) is 18.6. The number of nitrogens with zero attached hydrogens (tertiary/aromatic N) is 5. The molecule has 2 aromatic rings. The lowest BCUT2D eigenvalue weighted by Gasteiger charge is -2.40. The lowest BCUT2D eigenvalue weighted by molar-refractivity contribution is -0.123. The average Bonchev–Trinajstić information content (AvgIpc) is 2.77. The molecular weight excluding hydrogens is 374 g/mol. The van der Waals surface area contributed by atoms with Gasteiger partial charge in [0.1, 0.15) is 11.6 Å². The highest BCUT2D eigenvalue weighted by molar-refractivity contribution is 5.98. The molecule has 30 heavy (non-hydrogen) atoms. The molecule has 6 nitrogen and oxygen atoms in total. The summed E-state index contributed by atoms with van der Waals surface area (Å²) >= 11 is 0. The van der Waals surface area contributed by atoms with Crippen molar-refractivity contribution in [2.45, 2.75) is 52.5 Å². The van der Waals surface area contributed by atoms with Gasteiger partial charge in [-0.25, -0.2) is 9.97 Å². The first-order valence-corrected chi connectivity index (χ1v) is 11.2. The van der Waals surface area contributed by atoms with Crippen molar-refractivity contribution < 1.29 is 4.79 Å². The van der Waals surface area contributed by atoms with Gasteiger partial charge >= 0.3 is 0 Å². The van der Waals surface area contributed by atoms with Gasteiger partial charge in [-0.1, -0.05) is 32.0 Å². The number of amides is 1. The molecule has 1 amide bonds. The van der Waals surface area contributed by atoms with Crippen molar-refractivity contribution in [1.29, 1.82) is 0 Å². The highest BCUT2D eigenvalue weighted by Gasteiger charge is 2.31. The Morgan fingerprint density at radius 3 is 2.47 bits per heavy atom. The number of aryl methyl sites for hydroxylation is 2. The summed E-state index contributed by atoms with van der Waals surface area (Å²) in [4.78, 5) is 29.3. The van der Waals surface area contributed by atoms with Crippen molar-refractivity contribution in [3.63, 3.8) is 0 Å². The number of para-hydroxylation sites is 1. The number of fused-ring (bicyclic) bond motifs is 1. The number of hydrogen-bond acceptors (Lipinski definition) is 5. The van der Waals surface area contributed by atoms with Crippen molar-refractivity contribution >= 4 is 17.4 Å². The first-order valence-electron chi connectivity index (χ1n) is 11.2. The van der Waals surface area contributed by atoms with E-state index in [9.17, 15) is 4.79 Å². The predicted molar refractivity (Wildman–Crippen MR) is 121 cm³/mol. The topological polar surface area (TPSA) is 52.6 Å². The molecule has 0 bridgehead atoms. The molecule has 1 aromatic carbocycles. The van der Waals surface area contributed by atoms with Gasteiger partial charge in [-0.15, -0.1) is 0 Å². The second-order valence-corrected chi connectivity index (χ2v) is 8.80. The van der Waals surface area contributed by atoms with Crippen LogP contribution in [0, 0.1) is 6.92 Å². The maximum Gasteiger partial charge on any atom is 0.244 e. The molecule has 160 valence electrons. The van der Waals surface area contributed by atoms with Gasteiger partial charge in [0.2, 0.25) is 5.91 Å². The molecule has 4 rings (SSSR count). The molecule has 1 saturated heterocycles. The molecule has 0 unspecified atom stereocenters. The van der Waals surface area contributed by atoms with Gasteiger partial charge in [0.15, 0.2) is 0 Å². The Morgan fingerprint density at radius 2 is 1.73 bits per heavy atom. The smallest absolute Gasteiger partial charge is 0.244 e. The van der Waals surface area contributed by atoms with Gasteiger partial charge in [-0.3, -0.25) is 9.69 Å². The Bertz CT molecular complexity index is 904. The first kappa shape index (κ1) is 20.8. The van der Waals surface area contributed by atoms with Crippen LogP contribution >= 0.6 is 0 Å². The second kappa shape index (κ2) is 8.72. The minimum atomic E-state index is -0.114. The van der Waals surface area contributed by atoms with Gasteiger partial charge in [-0.2, -0.15) is 0 Å². The van der Waals surface area contributed by atoms with Crippen LogP contribution in [0.25, 0.3) is 0 Å². The van der Waals surface area contributed by atoms with Crippen molar-refractivity contribution in [2.24, 2.45) is 0 Å². The highest BCUT2D eigenvalue weighted by Crippen LogP contribution is 2.28. The van der Waals surface area contributed by atoms with E-state index >= 15 is 0 Å². The molecule has 1 fully saturated rings. The van der Waals surface area contributed by atoms with Crippen LogP contribution in [0.5, 0.6) is 0 Å². The van der Waals surface area contributed by atoms with E-state index in [4.69, 9.17) is 4.98 Å². The number of hydrogen-bond donors (Lipinski definition) is 0. The molecule has 6 heteroatoms. The molecular formula is C24H33N5O. The second-order valence-electron chi connectivity index (χ2n) is 8.80. The third-order valence-electron chi connectivity index (χ3n) is 6.29. The van der Waals surface area contributed by atoms with Crippen molar-refractivity contribution in [3.05, 3.63) is 47.4 Å². The summed E-state index contributed by atoms with van der Waals surface area (Å²) in [6, 6.07) is 10.3. The van der Waals surface area contributed by atoms with E-state index < -0.39 is 0 Å². The van der Waals surface area contributed by atoms with Gasteiger partial charge < -0.3 is 9.80 Å². The maximum atomic E-state index is 13.3. The van der Waals surface area contributed by atoms with E-state index in [1.807, 2.05) is 17.9 Å². The Labute approximate surface area is 179 Å². The fourth-order valence-corrected chi connectivity index (χ4v) is 4.48. The molecule has 0 aliphatic carbocycles. The van der Waals surface area contributed by atoms with Crippen molar-refractivity contribution in [3.8, 4) is 0 Å². The van der Waals surface area contributed by atoms with Crippen LogP contribution in [-0.4, -0.2) is 59.5 Å². The minimum Gasteiger partial charge on any atom is -0.354 e. The molecule has 0 saturated carbocycles. The third kappa shape index (κ3) is 4.19. The molecule has 3 heterocycles. The van der Waals surface area contributed by atoms with Crippen LogP contribution in [0.15, 0.2) is 30.3 Å². The zero-order chi connectivity index (χ0) is 21.3. The number of carbonyl (C=O) groups excluding carboxylic acids is 1. The molecule has 0 spiro atoms. The molecule has 0 radical (unpaired) electrons. The lowest BCUT2D eigenvalue weighted by atomic mass is 10.0. The van der Waals surface area contributed by atoms with E-state index in [1.165, 1.54) is 5.56 Å². The van der Waals surface area contributed by atoms with E-state index in [-0.39, 0.29) is 11.9 Å². The number of carbonyl (C=O) groups is 1. The number of piperazine rings is 1. The van der Waals surface area contributed by atoms with E-state index in [1.54, 1.807) is 0 Å².